The lowest BCUT2D eigenvalue weighted by atomic mass is 9.81. The molecule has 0 spiro atoms. The molecule has 2 nitrogen and oxygen atoms in total. The van der Waals surface area contributed by atoms with E-state index in [9.17, 15) is 0 Å². The number of aromatic nitrogens is 2. The Morgan fingerprint density at radius 1 is 0.316 bits per heavy atom. The lowest BCUT2D eigenvalue weighted by molar-refractivity contribution is 0.661. The molecule has 0 aliphatic heterocycles. The molecule has 1 aliphatic carbocycles. The lowest BCUT2D eigenvalue weighted by Gasteiger charge is -2.22. The van der Waals surface area contributed by atoms with E-state index in [1.54, 1.807) is 0 Å². The van der Waals surface area contributed by atoms with Gasteiger partial charge in [-0.3, -0.25) is 0 Å². The Morgan fingerprint density at radius 2 is 0.807 bits per heavy atom. The van der Waals surface area contributed by atoms with Gasteiger partial charge < -0.3 is 0 Å². The molecule has 10 aromatic rings. The minimum absolute atomic E-state index is 0.0935. The maximum atomic E-state index is 5.25. The summed E-state index contributed by atoms with van der Waals surface area (Å²) in [6.07, 6.45) is 0. The molecule has 0 amide bonds. The first-order valence-corrected chi connectivity index (χ1v) is 19.7. The summed E-state index contributed by atoms with van der Waals surface area (Å²) in [5.41, 5.74) is 15.0. The van der Waals surface area contributed by atoms with Gasteiger partial charge in [-0.15, -0.1) is 0 Å². The van der Waals surface area contributed by atoms with Crippen LogP contribution in [-0.2, 0) is 5.41 Å². The molecule has 0 N–H and O–H groups in total. The van der Waals surface area contributed by atoms with E-state index in [4.69, 9.17) is 9.97 Å². The Kier molecular flexibility index (Phi) is 7.55. The van der Waals surface area contributed by atoms with Gasteiger partial charge in [0.1, 0.15) is 0 Å². The molecule has 0 bridgehead atoms. The number of fused-ring (bicyclic) bond motifs is 6. The maximum absolute atomic E-state index is 5.25. The van der Waals surface area contributed by atoms with Gasteiger partial charge in [-0.05, 0) is 119 Å². The Bertz CT molecular complexity index is 3130. The van der Waals surface area contributed by atoms with Crippen LogP contribution < -0.4 is 0 Å². The van der Waals surface area contributed by atoms with Crippen LogP contribution in [0.3, 0.4) is 0 Å². The van der Waals surface area contributed by atoms with E-state index in [0.29, 0.717) is 5.82 Å². The van der Waals surface area contributed by atoms with Gasteiger partial charge in [-0.2, -0.15) is 0 Å². The molecule has 11 rings (SSSR count). The fourth-order valence-corrected chi connectivity index (χ4v) is 8.99. The van der Waals surface area contributed by atoms with Crippen LogP contribution in [-0.4, -0.2) is 9.97 Å². The van der Waals surface area contributed by atoms with E-state index in [0.717, 1.165) is 39.2 Å². The zero-order chi connectivity index (χ0) is 38.1. The van der Waals surface area contributed by atoms with E-state index in [1.807, 2.05) is 0 Å². The van der Waals surface area contributed by atoms with Crippen LogP contribution in [0.15, 0.2) is 194 Å². The topological polar surface area (TPSA) is 25.8 Å². The SMILES string of the molecule is CC1(C)c2cc3ccccc3cc2-c2c(-c3cccc(-c4cccc(-c5nc(-c6ccc7ccccc7c6)cc(-c6ccc7ccccc7c6)n5)c4)c3)cccc21. The Labute approximate surface area is 332 Å². The highest BCUT2D eigenvalue weighted by Gasteiger charge is 2.37. The molecule has 9 aromatic carbocycles. The quantitative estimate of drug-likeness (QED) is 0.176. The van der Waals surface area contributed by atoms with Crippen molar-refractivity contribution in [3.05, 3.63) is 205 Å². The van der Waals surface area contributed by atoms with Gasteiger partial charge in [-0.1, -0.05) is 166 Å². The molecule has 0 saturated carbocycles. The van der Waals surface area contributed by atoms with Gasteiger partial charge in [0.25, 0.3) is 0 Å². The van der Waals surface area contributed by atoms with Gasteiger partial charge in [0.2, 0.25) is 0 Å². The van der Waals surface area contributed by atoms with Crippen LogP contribution in [0.2, 0.25) is 0 Å². The third-order valence-corrected chi connectivity index (χ3v) is 12.0. The molecule has 1 aromatic heterocycles. The molecule has 1 aliphatic rings. The highest BCUT2D eigenvalue weighted by molar-refractivity contribution is 5.99. The number of benzene rings is 9. The molecular weight excluding hydrogens is 689 g/mol. The fourth-order valence-electron chi connectivity index (χ4n) is 8.99. The van der Waals surface area contributed by atoms with Crippen LogP contribution >= 0.6 is 0 Å². The van der Waals surface area contributed by atoms with E-state index >= 15 is 0 Å². The summed E-state index contributed by atoms with van der Waals surface area (Å²) in [7, 11) is 0. The summed E-state index contributed by atoms with van der Waals surface area (Å²) >= 11 is 0. The minimum atomic E-state index is -0.0935. The van der Waals surface area contributed by atoms with Crippen molar-refractivity contribution in [1.82, 2.24) is 9.97 Å². The van der Waals surface area contributed by atoms with Crippen LogP contribution in [0.4, 0.5) is 0 Å². The Balaban J connectivity index is 1.03. The van der Waals surface area contributed by atoms with Gasteiger partial charge in [0.15, 0.2) is 5.82 Å². The number of rotatable bonds is 5. The summed E-state index contributed by atoms with van der Waals surface area (Å²) in [6.45, 7) is 4.72. The van der Waals surface area contributed by atoms with Crippen LogP contribution in [0, 0.1) is 0 Å². The monoisotopic (exact) mass is 726 g/mol. The number of hydrogen-bond acceptors (Lipinski definition) is 2. The van der Waals surface area contributed by atoms with E-state index in [2.05, 4.69) is 208 Å². The van der Waals surface area contributed by atoms with Gasteiger partial charge in [0.05, 0.1) is 11.4 Å². The van der Waals surface area contributed by atoms with Gasteiger partial charge in [-0.25, -0.2) is 9.97 Å². The molecule has 2 heteroatoms. The molecule has 0 atom stereocenters. The molecule has 57 heavy (non-hydrogen) atoms. The first kappa shape index (κ1) is 33.2. The summed E-state index contributed by atoms with van der Waals surface area (Å²) in [5, 5.41) is 7.36. The average Bonchev–Trinajstić information content (AvgIpc) is 3.50. The molecule has 0 fully saturated rings. The molecule has 0 saturated heterocycles. The Morgan fingerprint density at radius 3 is 1.42 bits per heavy atom. The van der Waals surface area contributed by atoms with Crippen molar-refractivity contribution >= 4 is 32.3 Å². The molecule has 268 valence electrons. The second-order valence-electron chi connectivity index (χ2n) is 15.8. The largest absolute Gasteiger partial charge is 0.228 e. The standard InChI is InChI=1S/C55H38N2/c1-55(2)49-23-11-22-47(53(49)48-32-41-16-7-8-17-42(41)33-50(48)55)43-20-9-18-39(28-43)40-19-10-21-46(31-40)54-56-51(44-26-24-35-12-3-5-14-37(35)29-44)34-52(57-54)45-27-25-36-13-4-6-15-38(36)30-45/h3-34H,1-2H3. The number of nitrogens with zero attached hydrogens (tertiary/aromatic N) is 2. The van der Waals surface area contributed by atoms with E-state index in [1.165, 1.54) is 65.7 Å². The molecule has 1 heterocycles. The molecule has 0 radical (unpaired) electrons. The van der Waals surface area contributed by atoms with Crippen molar-refractivity contribution < 1.29 is 0 Å². The van der Waals surface area contributed by atoms with Crippen molar-refractivity contribution in [3.63, 3.8) is 0 Å². The Hall–Kier alpha value is -7.16. The van der Waals surface area contributed by atoms with Crippen molar-refractivity contribution in [2.45, 2.75) is 19.3 Å². The second kappa shape index (κ2) is 13.0. The zero-order valence-corrected chi connectivity index (χ0v) is 31.9. The first-order valence-electron chi connectivity index (χ1n) is 19.7. The zero-order valence-electron chi connectivity index (χ0n) is 31.9. The molecular formula is C55H38N2. The predicted molar refractivity (Wildman–Crippen MR) is 239 cm³/mol. The highest BCUT2D eigenvalue weighted by Crippen LogP contribution is 2.53. The van der Waals surface area contributed by atoms with Crippen molar-refractivity contribution in [2.24, 2.45) is 0 Å². The third kappa shape index (κ3) is 5.64. The highest BCUT2D eigenvalue weighted by atomic mass is 14.9. The second-order valence-corrected chi connectivity index (χ2v) is 15.8. The maximum Gasteiger partial charge on any atom is 0.160 e. The smallest absolute Gasteiger partial charge is 0.160 e. The predicted octanol–water partition coefficient (Wildman–Crippen LogP) is 14.6. The number of hydrogen-bond donors (Lipinski definition) is 0. The van der Waals surface area contributed by atoms with Crippen LogP contribution in [0.5, 0.6) is 0 Å². The van der Waals surface area contributed by atoms with Gasteiger partial charge >= 0.3 is 0 Å². The first-order chi connectivity index (χ1) is 28.0. The van der Waals surface area contributed by atoms with Crippen molar-refractivity contribution in [1.29, 1.82) is 0 Å². The fraction of sp³-hybridized carbons (Fsp3) is 0.0545. The van der Waals surface area contributed by atoms with Gasteiger partial charge in [0, 0.05) is 22.1 Å². The normalized spacial score (nSPS) is 12.9. The molecule has 0 unspecified atom stereocenters. The summed E-state index contributed by atoms with van der Waals surface area (Å²) in [6, 6.07) is 70.3. The van der Waals surface area contributed by atoms with E-state index < -0.39 is 0 Å². The van der Waals surface area contributed by atoms with Crippen molar-refractivity contribution in [3.8, 4) is 67.3 Å². The summed E-state index contributed by atoms with van der Waals surface area (Å²) in [5.74, 6) is 0.703. The summed E-state index contributed by atoms with van der Waals surface area (Å²) < 4.78 is 0. The minimum Gasteiger partial charge on any atom is -0.228 e. The third-order valence-electron chi connectivity index (χ3n) is 12.0. The van der Waals surface area contributed by atoms with E-state index in [-0.39, 0.29) is 5.41 Å². The van der Waals surface area contributed by atoms with Crippen molar-refractivity contribution in [2.75, 3.05) is 0 Å². The average molecular weight is 727 g/mol. The van der Waals surface area contributed by atoms with Crippen LogP contribution in [0.1, 0.15) is 25.0 Å². The summed E-state index contributed by atoms with van der Waals surface area (Å²) in [4.78, 5) is 10.5. The van der Waals surface area contributed by atoms with Crippen LogP contribution in [0.25, 0.3) is 99.6 Å². The lowest BCUT2D eigenvalue weighted by Crippen LogP contribution is -2.14.